The minimum Gasteiger partial charge on any atom is -0.348 e. The van der Waals surface area contributed by atoms with Gasteiger partial charge in [-0.15, -0.1) is 0 Å². The molecule has 0 aliphatic rings. The lowest BCUT2D eigenvalue weighted by molar-refractivity contribution is -0.124. The molecule has 0 spiro atoms. The number of benzene rings is 1. The van der Waals surface area contributed by atoms with Crippen molar-refractivity contribution in [1.82, 2.24) is 5.32 Å². The van der Waals surface area contributed by atoms with E-state index in [1.165, 1.54) is 5.56 Å². The van der Waals surface area contributed by atoms with E-state index in [-0.39, 0.29) is 17.9 Å². The van der Waals surface area contributed by atoms with E-state index in [1.54, 1.807) is 0 Å². The highest BCUT2D eigenvalue weighted by Crippen LogP contribution is 2.17. The highest BCUT2D eigenvalue weighted by molar-refractivity contribution is 5.82. The molecular formula is C15H24N2O. The zero-order valence-corrected chi connectivity index (χ0v) is 11.7. The van der Waals surface area contributed by atoms with Gasteiger partial charge in [0.05, 0.1) is 12.1 Å². The SMILES string of the molecule is CC[C@H](C)[C@@H](N)C(=O)N[C@H](C)c1ccccc1C. The second kappa shape index (κ2) is 6.55. The lowest BCUT2D eigenvalue weighted by atomic mass is 9.98. The molecule has 1 amide bonds. The van der Waals surface area contributed by atoms with Crippen molar-refractivity contribution in [2.24, 2.45) is 11.7 Å². The third-order valence-corrected chi connectivity index (χ3v) is 3.57. The fraction of sp³-hybridized carbons (Fsp3) is 0.533. The van der Waals surface area contributed by atoms with Gasteiger partial charge in [0, 0.05) is 0 Å². The molecule has 0 saturated carbocycles. The molecule has 0 unspecified atom stereocenters. The Bertz CT molecular complexity index is 403. The summed E-state index contributed by atoms with van der Waals surface area (Å²) in [5.41, 5.74) is 8.25. The van der Waals surface area contributed by atoms with Gasteiger partial charge in [0.15, 0.2) is 0 Å². The predicted molar refractivity (Wildman–Crippen MR) is 75.2 cm³/mol. The van der Waals surface area contributed by atoms with Gasteiger partial charge in [-0.05, 0) is 30.9 Å². The van der Waals surface area contributed by atoms with Crippen LogP contribution in [-0.4, -0.2) is 11.9 Å². The fourth-order valence-corrected chi connectivity index (χ4v) is 1.97. The smallest absolute Gasteiger partial charge is 0.237 e. The van der Waals surface area contributed by atoms with E-state index in [2.05, 4.69) is 5.32 Å². The molecule has 1 aromatic carbocycles. The maximum Gasteiger partial charge on any atom is 0.237 e. The number of carbonyl (C=O) groups is 1. The molecule has 0 aromatic heterocycles. The monoisotopic (exact) mass is 248 g/mol. The number of aryl methyl sites for hydroxylation is 1. The summed E-state index contributed by atoms with van der Waals surface area (Å²) in [5.74, 6) is 0.133. The molecule has 3 atom stereocenters. The molecular weight excluding hydrogens is 224 g/mol. The minimum absolute atomic E-state index is 0.00574. The molecule has 0 fully saturated rings. The van der Waals surface area contributed by atoms with Crippen molar-refractivity contribution >= 4 is 5.91 Å². The topological polar surface area (TPSA) is 55.1 Å². The quantitative estimate of drug-likeness (QED) is 0.841. The van der Waals surface area contributed by atoms with Gasteiger partial charge in [-0.2, -0.15) is 0 Å². The van der Waals surface area contributed by atoms with Gasteiger partial charge in [-0.25, -0.2) is 0 Å². The number of hydrogen-bond donors (Lipinski definition) is 2. The van der Waals surface area contributed by atoms with E-state index in [1.807, 2.05) is 52.0 Å². The fourth-order valence-electron chi connectivity index (χ4n) is 1.97. The second-order valence-electron chi connectivity index (χ2n) is 5.00. The van der Waals surface area contributed by atoms with Gasteiger partial charge in [0.25, 0.3) is 0 Å². The van der Waals surface area contributed by atoms with E-state index in [0.717, 1.165) is 12.0 Å². The highest BCUT2D eigenvalue weighted by atomic mass is 16.2. The van der Waals surface area contributed by atoms with Crippen LogP contribution in [0, 0.1) is 12.8 Å². The average molecular weight is 248 g/mol. The molecule has 0 heterocycles. The summed E-state index contributed by atoms with van der Waals surface area (Å²) in [5, 5.41) is 2.99. The van der Waals surface area contributed by atoms with Gasteiger partial charge >= 0.3 is 0 Å². The van der Waals surface area contributed by atoms with Crippen LogP contribution in [0.3, 0.4) is 0 Å². The molecule has 0 aliphatic carbocycles. The Morgan fingerprint density at radius 3 is 2.50 bits per heavy atom. The first-order chi connectivity index (χ1) is 8.47. The van der Waals surface area contributed by atoms with Crippen LogP contribution in [0.2, 0.25) is 0 Å². The van der Waals surface area contributed by atoms with Gasteiger partial charge in [-0.1, -0.05) is 44.5 Å². The molecule has 3 N–H and O–H groups in total. The molecule has 3 heteroatoms. The summed E-state index contributed by atoms with van der Waals surface area (Å²) in [6.07, 6.45) is 0.910. The molecule has 0 aliphatic heterocycles. The lowest BCUT2D eigenvalue weighted by Crippen LogP contribution is -2.45. The first-order valence-corrected chi connectivity index (χ1v) is 6.58. The molecule has 0 bridgehead atoms. The van der Waals surface area contributed by atoms with Crippen molar-refractivity contribution in [1.29, 1.82) is 0 Å². The zero-order valence-electron chi connectivity index (χ0n) is 11.7. The van der Waals surface area contributed by atoms with Gasteiger partial charge in [0.1, 0.15) is 0 Å². The van der Waals surface area contributed by atoms with Gasteiger partial charge in [-0.3, -0.25) is 4.79 Å². The van der Waals surface area contributed by atoms with Crippen molar-refractivity contribution in [3.05, 3.63) is 35.4 Å². The third kappa shape index (κ3) is 3.57. The molecule has 0 radical (unpaired) electrons. The number of amides is 1. The molecule has 0 saturated heterocycles. The Morgan fingerprint density at radius 1 is 1.33 bits per heavy atom. The number of carbonyl (C=O) groups excluding carboxylic acids is 1. The minimum atomic E-state index is -0.429. The third-order valence-electron chi connectivity index (χ3n) is 3.57. The Morgan fingerprint density at radius 2 is 1.94 bits per heavy atom. The normalized spacial score (nSPS) is 15.8. The van der Waals surface area contributed by atoms with Crippen LogP contribution in [0.25, 0.3) is 0 Å². The van der Waals surface area contributed by atoms with E-state index in [0.29, 0.717) is 0 Å². The largest absolute Gasteiger partial charge is 0.348 e. The second-order valence-corrected chi connectivity index (χ2v) is 5.00. The summed E-state index contributed by atoms with van der Waals surface area (Å²) in [6.45, 7) is 8.08. The van der Waals surface area contributed by atoms with Crippen molar-refractivity contribution in [3.8, 4) is 0 Å². The van der Waals surface area contributed by atoms with Crippen molar-refractivity contribution in [2.75, 3.05) is 0 Å². The number of rotatable bonds is 5. The number of nitrogens with two attached hydrogens (primary N) is 1. The standard InChI is InChI=1S/C15H24N2O/c1-5-10(2)14(16)15(18)17-12(4)13-9-7-6-8-11(13)3/h6-10,12,14H,5,16H2,1-4H3,(H,17,18)/t10-,12+,14+/m0/s1. The van der Waals surface area contributed by atoms with Crippen LogP contribution in [0.15, 0.2) is 24.3 Å². The molecule has 3 nitrogen and oxygen atoms in total. The maximum atomic E-state index is 12.0. The van der Waals surface area contributed by atoms with Crippen LogP contribution in [0.1, 0.15) is 44.4 Å². The Kier molecular flexibility index (Phi) is 5.35. The molecule has 1 aromatic rings. The average Bonchev–Trinajstić information content (AvgIpc) is 2.37. The maximum absolute atomic E-state index is 12.0. The summed E-state index contributed by atoms with van der Waals surface area (Å²) >= 11 is 0. The summed E-state index contributed by atoms with van der Waals surface area (Å²) < 4.78 is 0. The Hall–Kier alpha value is -1.35. The molecule has 18 heavy (non-hydrogen) atoms. The number of nitrogens with one attached hydrogen (secondary N) is 1. The van der Waals surface area contributed by atoms with Crippen molar-refractivity contribution in [3.63, 3.8) is 0 Å². The predicted octanol–water partition coefficient (Wildman–Crippen LogP) is 2.55. The van der Waals surface area contributed by atoms with Crippen LogP contribution < -0.4 is 11.1 Å². The van der Waals surface area contributed by atoms with Gasteiger partial charge in [0.2, 0.25) is 5.91 Å². The van der Waals surface area contributed by atoms with Crippen LogP contribution >= 0.6 is 0 Å². The number of hydrogen-bond acceptors (Lipinski definition) is 2. The van der Waals surface area contributed by atoms with E-state index < -0.39 is 6.04 Å². The lowest BCUT2D eigenvalue weighted by Gasteiger charge is -2.22. The summed E-state index contributed by atoms with van der Waals surface area (Å²) in [6, 6.07) is 7.63. The first-order valence-electron chi connectivity index (χ1n) is 6.58. The van der Waals surface area contributed by atoms with E-state index in [4.69, 9.17) is 5.73 Å². The van der Waals surface area contributed by atoms with Crippen molar-refractivity contribution < 1.29 is 4.79 Å². The molecule has 1 rings (SSSR count). The van der Waals surface area contributed by atoms with E-state index >= 15 is 0 Å². The summed E-state index contributed by atoms with van der Waals surface area (Å²) in [4.78, 5) is 12.0. The Balaban J connectivity index is 2.68. The first kappa shape index (κ1) is 14.7. The van der Waals surface area contributed by atoms with Gasteiger partial charge < -0.3 is 11.1 Å². The van der Waals surface area contributed by atoms with Crippen LogP contribution in [0.4, 0.5) is 0 Å². The summed E-state index contributed by atoms with van der Waals surface area (Å²) in [7, 11) is 0. The van der Waals surface area contributed by atoms with Crippen LogP contribution in [0.5, 0.6) is 0 Å². The zero-order chi connectivity index (χ0) is 13.7. The Labute approximate surface area is 110 Å². The highest BCUT2D eigenvalue weighted by Gasteiger charge is 2.21. The van der Waals surface area contributed by atoms with E-state index in [9.17, 15) is 4.79 Å². The van der Waals surface area contributed by atoms with Crippen LogP contribution in [-0.2, 0) is 4.79 Å². The molecule has 100 valence electrons. The van der Waals surface area contributed by atoms with Crippen molar-refractivity contribution in [2.45, 2.75) is 46.2 Å².